The van der Waals surface area contributed by atoms with Gasteiger partial charge < -0.3 is 58.5 Å². The van der Waals surface area contributed by atoms with Gasteiger partial charge in [0.05, 0.1) is 55.8 Å². The Bertz CT molecular complexity index is 2500. The summed E-state index contributed by atoms with van der Waals surface area (Å²) >= 11 is 0. The first-order valence-corrected chi connectivity index (χ1v) is 25.4. The molecule has 2 saturated heterocycles. The first-order chi connectivity index (χ1) is 34.4. The van der Waals surface area contributed by atoms with E-state index >= 15 is 0 Å². The van der Waals surface area contributed by atoms with Gasteiger partial charge in [0.1, 0.15) is 36.2 Å². The van der Waals surface area contributed by atoms with Gasteiger partial charge in [0.25, 0.3) is 0 Å². The Labute approximate surface area is 423 Å². The number of nitrogens with zero attached hydrogens (tertiary/aromatic N) is 4. The van der Waals surface area contributed by atoms with Gasteiger partial charge in [0.2, 0.25) is 0 Å². The Hall–Kier alpha value is -4.50. The van der Waals surface area contributed by atoms with Crippen LogP contribution in [0, 0.1) is 23.7 Å². The number of carbonyl (C=O) groups excluding carboxylic acids is 2. The molecule has 2 fully saturated rings. The molecule has 3 aliphatic heterocycles. The number of fused-ring (bicyclic) bond motifs is 3. The number of aryl methyl sites for hydroxylation is 1. The van der Waals surface area contributed by atoms with Gasteiger partial charge in [-0.15, -0.1) is 5.10 Å². The van der Waals surface area contributed by atoms with Gasteiger partial charge in [-0.05, 0) is 93.7 Å². The maximum atomic E-state index is 14.2. The van der Waals surface area contributed by atoms with Crippen LogP contribution < -0.4 is 0 Å². The number of likely N-dealkylation sites (N-methyl/N-ethyl adjacent to an activating group) is 1. The van der Waals surface area contributed by atoms with Crippen molar-refractivity contribution in [1.29, 1.82) is 0 Å². The summed E-state index contributed by atoms with van der Waals surface area (Å²) in [6.07, 6.45) is -3.45. The molecule has 17 nitrogen and oxygen atoms in total. The van der Waals surface area contributed by atoms with E-state index in [2.05, 4.69) is 40.6 Å². The third kappa shape index (κ3) is 12.5. The van der Waals surface area contributed by atoms with Crippen molar-refractivity contribution in [3.8, 4) is 11.3 Å². The topological polar surface area (TPSA) is 214 Å². The highest BCUT2D eigenvalue weighted by atomic mass is 16.7. The van der Waals surface area contributed by atoms with Gasteiger partial charge in [-0.2, -0.15) is 0 Å². The van der Waals surface area contributed by atoms with Crippen LogP contribution in [0.5, 0.6) is 0 Å². The van der Waals surface area contributed by atoms with Crippen molar-refractivity contribution in [3.05, 3.63) is 84.6 Å². The molecule has 3 aliphatic rings. The highest BCUT2D eigenvalue weighted by Gasteiger charge is 2.48. The fourth-order valence-electron chi connectivity index (χ4n) is 10.8. The molecule has 4 heterocycles. The molecule has 0 amide bonds. The van der Waals surface area contributed by atoms with Gasteiger partial charge in [-0.1, -0.05) is 92.2 Å². The first-order valence-electron chi connectivity index (χ1n) is 25.4. The van der Waals surface area contributed by atoms with E-state index in [1.807, 2.05) is 57.3 Å². The molecular formula is C55H76N4O13. The molecule has 3 aromatic carbocycles. The highest BCUT2D eigenvalue weighted by molar-refractivity contribution is 6.13. The number of aromatic nitrogens is 3. The van der Waals surface area contributed by atoms with Crippen LogP contribution in [0.2, 0.25) is 0 Å². The van der Waals surface area contributed by atoms with Crippen molar-refractivity contribution >= 4 is 33.3 Å². The number of ether oxygens (including phenoxy) is 7. The average Bonchev–Trinajstić information content (AvgIpc) is 3.84. The Balaban J connectivity index is 1.20. The SMILES string of the molecule is CC[C@H]1OC(=O)C[C@@H](O)[C@H](C)[C@@H](O[C@@H]2O[C@H](C)[C@@H](O)[C@H](N(C)C)[C@H]2O)[C@@H](CCn2cc(-c3cc4ccccc4c4ccccc34)nn2)C[C@@H](C)C(=O)/C=C/C(C)=C/[C@@H]1CO[C@@H]1O[C@H](C)[C@@H](O)[C@@H](OC)[C@H]1OC. The van der Waals surface area contributed by atoms with E-state index < -0.39 is 116 Å². The van der Waals surface area contributed by atoms with Crippen LogP contribution in [0.3, 0.4) is 0 Å². The molecule has 0 radical (unpaired) electrons. The largest absolute Gasteiger partial charge is 0.462 e. The van der Waals surface area contributed by atoms with E-state index in [4.69, 9.17) is 33.2 Å². The van der Waals surface area contributed by atoms with E-state index in [0.717, 1.165) is 32.7 Å². The van der Waals surface area contributed by atoms with Crippen molar-refractivity contribution in [2.24, 2.45) is 23.7 Å². The number of rotatable bonds is 13. The molecule has 4 aromatic rings. The molecule has 0 unspecified atom stereocenters. The molecule has 4 N–H and O–H groups in total. The van der Waals surface area contributed by atoms with E-state index in [1.54, 1.807) is 56.6 Å². The van der Waals surface area contributed by atoms with Crippen molar-refractivity contribution in [3.63, 3.8) is 0 Å². The molecular weight excluding hydrogens is 925 g/mol. The first kappa shape index (κ1) is 55.3. The standard InChI is InChI=1S/C55H76N4O13/c1-11-45-37(29-68-55-53(67-10)52(66-9)49(64)34(6)70-55)24-30(2)20-21-43(60)31(3)25-36(51(32(4)44(61)27-46(62)71-45)72-54-50(65)47(58(7)8)48(63)33(5)69-54)22-23-59-28-42(56-57-59)41-26-35-16-12-13-17-38(35)39-18-14-15-19-40(39)41/h12-21,24,26,28,31-34,36-37,44-45,47-55,61,63-65H,11,22-23,25,27,29H2,1-10H3/b21-20+,30-24+/t31-,32+,33-,34-,36+,37-,44-,45-,47+,48-,49-,50-,51-,52-,53-,54+,55-/m1/s1. The van der Waals surface area contributed by atoms with Crippen molar-refractivity contribution in [2.75, 3.05) is 34.9 Å². The quantitative estimate of drug-likeness (QED) is 0.0944. The minimum absolute atomic E-state index is 0.0124. The fourth-order valence-corrected chi connectivity index (χ4v) is 10.8. The number of aliphatic hydroxyl groups excluding tert-OH is 4. The number of esters is 1. The number of ketones is 1. The zero-order chi connectivity index (χ0) is 52.0. The molecule has 1 aromatic heterocycles. The summed E-state index contributed by atoms with van der Waals surface area (Å²) in [5.74, 6) is -3.11. The second-order valence-electron chi connectivity index (χ2n) is 20.3. The highest BCUT2D eigenvalue weighted by Crippen LogP contribution is 2.37. The molecule has 7 rings (SSSR count). The lowest BCUT2D eigenvalue weighted by Gasteiger charge is -2.46. The van der Waals surface area contributed by atoms with Crippen LogP contribution in [-0.2, 0) is 49.3 Å². The second kappa shape index (κ2) is 24.7. The zero-order valence-electron chi connectivity index (χ0n) is 43.3. The van der Waals surface area contributed by atoms with Crippen LogP contribution in [0.4, 0.5) is 0 Å². The molecule has 0 aliphatic carbocycles. The van der Waals surface area contributed by atoms with E-state index in [1.165, 1.54) is 14.2 Å². The van der Waals surface area contributed by atoms with Crippen LogP contribution in [0.25, 0.3) is 32.8 Å². The summed E-state index contributed by atoms with van der Waals surface area (Å²) in [6, 6.07) is 17.8. The summed E-state index contributed by atoms with van der Waals surface area (Å²) < 4.78 is 44.6. The smallest absolute Gasteiger partial charge is 0.308 e. The molecule has 72 heavy (non-hydrogen) atoms. The number of cyclic esters (lactones) is 1. The van der Waals surface area contributed by atoms with E-state index in [-0.39, 0.29) is 12.4 Å². The number of hydrogen-bond donors (Lipinski definition) is 4. The number of aliphatic hydroxyl groups is 4. The van der Waals surface area contributed by atoms with Crippen molar-refractivity contribution in [2.45, 2.75) is 153 Å². The lowest BCUT2D eigenvalue weighted by atomic mass is 9.79. The van der Waals surface area contributed by atoms with Crippen LogP contribution >= 0.6 is 0 Å². The maximum absolute atomic E-state index is 14.2. The number of allylic oxidation sites excluding steroid dienone is 3. The van der Waals surface area contributed by atoms with E-state index in [9.17, 15) is 30.0 Å². The predicted molar refractivity (Wildman–Crippen MR) is 270 cm³/mol. The van der Waals surface area contributed by atoms with Gasteiger partial charge in [0, 0.05) is 44.1 Å². The zero-order valence-corrected chi connectivity index (χ0v) is 43.3. The average molecular weight is 1000 g/mol. The Kier molecular flexibility index (Phi) is 18.9. The Morgan fingerprint density at radius 1 is 0.819 bits per heavy atom. The van der Waals surface area contributed by atoms with Gasteiger partial charge >= 0.3 is 5.97 Å². The number of hydrogen-bond acceptors (Lipinski definition) is 16. The lowest BCUT2D eigenvalue weighted by Crippen LogP contribution is -2.63. The normalized spacial score (nSPS) is 35.8. The summed E-state index contributed by atoms with van der Waals surface area (Å²) in [5, 5.41) is 59.3. The lowest BCUT2D eigenvalue weighted by molar-refractivity contribution is -0.304. The molecule has 394 valence electrons. The predicted octanol–water partition coefficient (Wildman–Crippen LogP) is 5.63. The van der Waals surface area contributed by atoms with E-state index in [0.29, 0.717) is 31.5 Å². The fraction of sp³-hybridized carbons (Fsp3) is 0.600. The van der Waals surface area contributed by atoms with Crippen molar-refractivity contribution in [1.82, 2.24) is 19.9 Å². The molecule has 0 saturated carbocycles. The monoisotopic (exact) mass is 1000 g/mol. The number of methoxy groups -OCH3 is 2. The Morgan fingerprint density at radius 3 is 2.18 bits per heavy atom. The number of carbonyl (C=O) groups is 2. The van der Waals surface area contributed by atoms with Crippen molar-refractivity contribution < 1.29 is 63.2 Å². The van der Waals surface area contributed by atoms with Crippen LogP contribution in [0.1, 0.15) is 67.2 Å². The summed E-state index contributed by atoms with van der Waals surface area (Å²) in [4.78, 5) is 30.0. The molecule has 0 bridgehead atoms. The Morgan fingerprint density at radius 2 is 1.49 bits per heavy atom. The summed E-state index contributed by atoms with van der Waals surface area (Å²) in [6.45, 7) is 11.2. The number of benzene rings is 3. The molecule has 17 atom stereocenters. The van der Waals surface area contributed by atoms with Gasteiger partial charge in [-0.25, -0.2) is 0 Å². The van der Waals surface area contributed by atoms with Crippen LogP contribution in [-0.4, -0.2) is 167 Å². The molecule has 0 spiro atoms. The minimum Gasteiger partial charge on any atom is -0.462 e. The maximum Gasteiger partial charge on any atom is 0.308 e. The minimum atomic E-state index is -1.31. The summed E-state index contributed by atoms with van der Waals surface area (Å²) in [5.41, 5.74) is 2.35. The molecule has 17 heteroatoms. The second-order valence-corrected chi connectivity index (χ2v) is 20.3. The van der Waals surface area contributed by atoms with Crippen LogP contribution in [0.15, 0.2) is 84.6 Å². The summed E-state index contributed by atoms with van der Waals surface area (Å²) in [7, 11) is 6.48. The third-order valence-corrected chi connectivity index (χ3v) is 15.0. The van der Waals surface area contributed by atoms with Gasteiger partial charge in [-0.3, -0.25) is 14.3 Å². The van der Waals surface area contributed by atoms with Gasteiger partial charge in [0.15, 0.2) is 18.4 Å². The third-order valence-electron chi connectivity index (χ3n) is 15.0.